The maximum atomic E-state index is 10.7. The van der Waals surface area contributed by atoms with Crippen LogP contribution in [0.25, 0.3) is 0 Å². The Hall–Kier alpha value is -0.820. The second-order valence-electron chi connectivity index (χ2n) is 2.44. The van der Waals surface area contributed by atoms with Crippen molar-refractivity contribution >= 4 is 16.8 Å². The molecule has 0 amide bonds. The molecular formula is C10H13ClO. The van der Waals surface area contributed by atoms with Crippen LogP contribution < -0.4 is 0 Å². The van der Waals surface area contributed by atoms with Crippen molar-refractivity contribution in [3.05, 3.63) is 35.9 Å². The van der Waals surface area contributed by atoms with Crippen molar-refractivity contribution in [2.45, 2.75) is 20.3 Å². The summed E-state index contributed by atoms with van der Waals surface area (Å²) in [6.45, 7) is 1.80. The molecule has 0 saturated carbocycles. The van der Waals surface area contributed by atoms with E-state index in [1.807, 2.05) is 30.3 Å². The van der Waals surface area contributed by atoms with E-state index in [1.54, 1.807) is 6.92 Å². The Morgan fingerprint density at radius 2 is 1.83 bits per heavy atom. The zero-order valence-corrected chi connectivity index (χ0v) is 7.01. The molecule has 2 heteroatoms. The summed E-state index contributed by atoms with van der Waals surface area (Å²) in [4.78, 5) is 10.7. The van der Waals surface area contributed by atoms with Crippen LogP contribution in [0.5, 0.6) is 0 Å². The number of rotatable bonds is 2. The molecular weight excluding hydrogens is 172 g/mol. The van der Waals surface area contributed by atoms with Crippen molar-refractivity contribution in [1.82, 2.24) is 0 Å². The van der Waals surface area contributed by atoms with E-state index in [0.29, 0.717) is 0 Å². The second-order valence-corrected chi connectivity index (χ2v) is 2.81. The van der Waals surface area contributed by atoms with Crippen LogP contribution in [0.3, 0.4) is 0 Å². The van der Waals surface area contributed by atoms with Crippen LogP contribution in [0.15, 0.2) is 30.3 Å². The van der Waals surface area contributed by atoms with E-state index in [9.17, 15) is 4.79 Å². The first-order chi connectivity index (χ1) is 5.22. The van der Waals surface area contributed by atoms with Crippen LogP contribution in [0, 0.1) is 0 Å². The van der Waals surface area contributed by atoms with Gasteiger partial charge in [0.15, 0.2) is 0 Å². The third-order valence-electron chi connectivity index (χ3n) is 1.64. The number of carbonyl (C=O) groups excluding carboxylic acids is 1. The van der Waals surface area contributed by atoms with Gasteiger partial charge < -0.3 is 0 Å². The van der Waals surface area contributed by atoms with Crippen LogP contribution in [0.1, 0.15) is 25.8 Å². The first kappa shape index (κ1) is 11.2. The Bertz CT molecular complexity index is 243. The topological polar surface area (TPSA) is 17.1 Å². The highest BCUT2D eigenvalue weighted by Crippen LogP contribution is 2.16. The maximum absolute atomic E-state index is 10.7. The van der Waals surface area contributed by atoms with E-state index in [-0.39, 0.29) is 18.6 Å². The van der Waals surface area contributed by atoms with Gasteiger partial charge in [-0.05, 0) is 17.2 Å². The van der Waals surface area contributed by atoms with Crippen LogP contribution in [-0.4, -0.2) is 5.24 Å². The van der Waals surface area contributed by atoms with Gasteiger partial charge in [0, 0.05) is 0 Å². The molecule has 0 aromatic heterocycles. The fourth-order valence-corrected chi connectivity index (χ4v) is 0.999. The highest BCUT2D eigenvalue weighted by atomic mass is 35.5. The first-order valence-corrected chi connectivity index (χ1v) is 3.84. The van der Waals surface area contributed by atoms with Gasteiger partial charge in [-0.15, -0.1) is 0 Å². The molecule has 1 atom stereocenters. The fourth-order valence-electron chi connectivity index (χ4n) is 0.873. The molecule has 12 heavy (non-hydrogen) atoms. The minimum absolute atomic E-state index is 0. The van der Waals surface area contributed by atoms with Gasteiger partial charge in [0.2, 0.25) is 5.24 Å². The molecule has 0 aliphatic rings. The molecule has 1 nitrogen and oxygen atoms in total. The van der Waals surface area contributed by atoms with Gasteiger partial charge in [-0.3, -0.25) is 4.79 Å². The van der Waals surface area contributed by atoms with Crippen molar-refractivity contribution in [2.75, 3.05) is 0 Å². The van der Waals surface area contributed by atoms with Crippen LogP contribution in [0.2, 0.25) is 0 Å². The molecule has 0 bridgehead atoms. The average molecular weight is 185 g/mol. The number of benzene rings is 1. The average Bonchev–Trinajstić information content (AvgIpc) is 2.05. The Morgan fingerprint density at radius 1 is 1.33 bits per heavy atom. The maximum Gasteiger partial charge on any atom is 0.228 e. The van der Waals surface area contributed by atoms with E-state index in [2.05, 4.69) is 0 Å². The van der Waals surface area contributed by atoms with Gasteiger partial charge in [0.05, 0.1) is 5.92 Å². The Morgan fingerprint density at radius 3 is 2.25 bits per heavy atom. The lowest BCUT2D eigenvalue weighted by Crippen LogP contribution is -2.00. The molecule has 1 aromatic rings. The molecule has 0 heterocycles. The minimum Gasteiger partial charge on any atom is -0.281 e. The van der Waals surface area contributed by atoms with Gasteiger partial charge in [-0.1, -0.05) is 44.7 Å². The number of halogens is 1. The minimum atomic E-state index is -0.309. The van der Waals surface area contributed by atoms with E-state index in [0.717, 1.165) is 5.56 Å². The quantitative estimate of drug-likeness (QED) is 0.646. The van der Waals surface area contributed by atoms with Gasteiger partial charge in [-0.2, -0.15) is 0 Å². The Labute approximate surface area is 78.4 Å². The van der Waals surface area contributed by atoms with Gasteiger partial charge >= 0.3 is 0 Å². The van der Waals surface area contributed by atoms with Crippen LogP contribution in [-0.2, 0) is 4.79 Å². The summed E-state index contributed by atoms with van der Waals surface area (Å²) in [7, 11) is 0. The molecule has 0 spiro atoms. The third kappa shape index (κ3) is 2.67. The van der Waals surface area contributed by atoms with E-state index >= 15 is 0 Å². The molecule has 66 valence electrons. The standard InChI is InChI=1S/C9H9ClO.CH4/c1-7(9(10)11)8-5-3-2-4-6-8;/h2-7H,1H3;1H4. The smallest absolute Gasteiger partial charge is 0.228 e. The van der Waals surface area contributed by atoms with Crippen molar-refractivity contribution in [3.8, 4) is 0 Å². The van der Waals surface area contributed by atoms with Gasteiger partial charge in [-0.25, -0.2) is 0 Å². The summed E-state index contributed by atoms with van der Waals surface area (Å²) in [6.07, 6.45) is 0. The molecule has 0 aliphatic heterocycles. The van der Waals surface area contributed by atoms with Crippen molar-refractivity contribution in [2.24, 2.45) is 0 Å². The van der Waals surface area contributed by atoms with Crippen molar-refractivity contribution < 1.29 is 4.79 Å². The largest absolute Gasteiger partial charge is 0.281 e. The van der Waals surface area contributed by atoms with E-state index in [1.165, 1.54) is 0 Å². The number of hydrogen-bond acceptors (Lipinski definition) is 1. The Kier molecular flexibility index (Phi) is 4.60. The lowest BCUT2D eigenvalue weighted by atomic mass is 10.0. The van der Waals surface area contributed by atoms with Crippen molar-refractivity contribution in [3.63, 3.8) is 0 Å². The predicted octanol–water partition coefficient (Wildman–Crippen LogP) is 3.19. The van der Waals surface area contributed by atoms with Crippen molar-refractivity contribution in [1.29, 1.82) is 0 Å². The first-order valence-electron chi connectivity index (χ1n) is 3.46. The van der Waals surface area contributed by atoms with E-state index in [4.69, 9.17) is 11.6 Å². The lowest BCUT2D eigenvalue weighted by Gasteiger charge is -2.04. The molecule has 0 aliphatic carbocycles. The summed E-state index contributed by atoms with van der Waals surface area (Å²) in [5.74, 6) is -0.196. The monoisotopic (exact) mass is 184 g/mol. The summed E-state index contributed by atoms with van der Waals surface area (Å²) < 4.78 is 0. The molecule has 1 rings (SSSR count). The fraction of sp³-hybridized carbons (Fsp3) is 0.300. The van der Waals surface area contributed by atoms with Crippen LogP contribution in [0.4, 0.5) is 0 Å². The van der Waals surface area contributed by atoms with Crippen LogP contribution >= 0.6 is 11.6 Å². The van der Waals surface area contributed by atoms with Gasteiger partial charge in [0.25, 0.3) is 0 Å². The number of hydrogen-bond donors (Lipinski definition) is 0. The highest BCUT2D eigenvalue weighted by Gasteiger charge is 2.10. The molecule has 0 N–H and O–H groups in total. The molecule has 0 radical (unpaired) electrons. The second kappa shape index (κ2) is 4.94. The summed E-state index contributed by atoms with van der Waals surface area (Å²) in [5.41, 5.74) is 0.965. The van der Waals surface area contributed by atoms with Gasteiger partial charge in [0.1, 0.15) is 0 Å². The highest BCUT2D eigenvalue weighted by molar-refractivity contribution is 6.64. The Balaban J connectivity index is 0.00000121. The lowest BCUT2D eigenvalue weighted by molar-refractivity contribution is -0.112. The number of carbonyl (C=O) groups is 1. The summed E-state index contributed by atoms with van der Waals surface area (Å²) in [6, 6.07) is 9.49. The molecule has 0 fully saturated rings. The zero-order chi connectivity index (χ0) is 8.27. The molecule has 0 saturated heterocycles. The molecule has 1 unspecified atom stereocenters. The SMILES string of the molecule is C.CC(C(=O)Cl)c1ccccc1. The zero-order valence-electron chi connectivity index (χ0n) is 6.25. The summed E-state index contributed by atoms with van der Waals surface area (Å²) in [5, 5.41) is -0.309. The predicted molar refractivity (Wildman–Crippen MR) is 52.4 cm³/mol. The normalized spacial score (nSPS) is 11.5. The van der Waals surface area contributed by atoms with E-state index < -0.39 is 0 Å². The molecule has 1 aromatic carbocycles. The third-order valence-corrected chi connectivity index (χ3v) is 1.97. The summed E-state index contributed by atoms with van der Waals surface area (Å²) >= 11 is 5.32.